The van der Waals surface area contributed by atoms with Crippen molar-refractivity contribution in [3.05, 3.63) is 29.3 Å². The van der Waals surface area contributed by atoms with Crippen LogP contribution in [-0.2, 0) is 12.8 Å². The van der Waals surface area contributed by atoms with Gasteiger partial charge in [0.2, 0.25) is 0 Å². The normalized spacial score (nSPS) is 25.7. The van der Waals surface area contributed by atoms with Crippen LogP contribution in [0.4, 0.5) is 0 Å². The quantitative estimate of drug-likeness (QED) is 0.754. The Balaban J connectivity index is 0.00000182. The Bertz CT molecular complexity index is 720. The molecule has 0 bridgehead atoms. The third-order valence-electron chi connectivity index (χ3n) is 5.21. The van der Waals surface area contributed by atoms with E-state index in [0.29, 0.717) is 17.8 Å². The number of nitrogens with two attached hydrogens (primary N) is 1. The summed E-state index contributed by atoms with van der Waals surface area (Å²) in [5, 5.41) is 18.4. The summed E-state index contributed by atoms with van der Waals surface area (Å²) in [4.78, 5) is 12.4. The average Bonchev–Trinajstić information content (AvgIpc) is 3.24. The Kier molecular flexibility index (Phi) is 5.39. The van der Waals surface area contributed by atoms with Crippen molar-refractivity contribution in [3.8, 4) is 0 Å². The number of H-pyrrole nitrogens is 1. The van der Waals surface area contributed by atoms with E-state index >= 15 is 0 Å². The summed E-state index contributed by atoms with van der Waals surface area (Å²) in [6.07, 6.45) is 10.3. The molecule has 2 aromatic heterocycles. The first-order valence-electron chi connectivity index (χ1n) is 8.68. The fourth-order valence-electron chi connectivity index (χ4n) is 3.72. The molecule has 2 heterocycles. The Hall–Kier alpha value is -1.93. The maximum absolute atomic E-state index is 12.4. The van der Waals surface area contributed by atoms with E-state index in [-0.39, 0.29) is 24.4 Å². The highest BCUT2D eigenvalue weighted by atomic mass is 35.5. The molecule has 4 N–H and O–H groups in total. The van der Waals surface area contributed by atoms with Gasteiger partial charge in [0.05, 0.1) is 18.4 Å². The third kappa shape index (κ3) is 3.85. The highest BCUT2D eigenvalue weighted by molar-refractivity contribution is 5.92. The fraction of sp³-hybridized carbons (Fsp3) is 0.625. The van der Waals surface area contributed by atoms with E-state index in [1.807, 2.05) is 10.9 Å². The van der Waals surface area contributed by atoms with Gasteiger partial charge < -0.3 is 11.1 Å². The molecule has 1 saturated carbocycles. The van der Waals surface area contributed by atoms with Crippen LogP contribution in [0.3, 0.4) is 0 Å². The summed E-state index contributed by atoms with van der Waals surface area (Å²) in [5.41, 5.74) is 8.70. The van der Waals surface area contributed by atoms with Crippen LogP contribution >= 0.6 is 12.4 Å². The molecule has 0 aromatic carbocycles. The smallest absolute Gasteiger partial charge is 0.273 e. The van der Waals surface area contributed by atoms with Crippen LogP contribution < -0.4 is 11.1 Å². The lowest BCUT2D eigenvalue weighted by atomic mass is 9.92. The lowest BCUT2D eigenvalue weighted by Crippen LogP contribution is -2.39. The van der Waals surface area contributed by atoms with Gasteiger partial charge in [0.15, 0.2) is 5.69 Å². The second kappa shape index (κ2) is 7.53. The van der Waals surface area contributed by atoms with Crippen molar-refractivity contribution >= 4 is 18.3 Å². The molecule has 4 rings (SSSR count). The van der Waals surface area contributed by atoms with Crippen LogP contribution in [0.5, 0.6) is 0 Å². The summed E-state index contributed by atoms with van der Waals surface area (Å²) in [6, 6.07) is 0.718. The monoisotopic (exact) mass is 365 g/mol. The maximum atomic E-state index is 12.4. The topological polar surface area (TPSA) is 115 Å². The second-order valence-electron chi connectivity index (χ2n) is 6.94. The van der Waals surface area contributed by atoms with Crippen molar-refractivity contribution in [3.63, 3.8) is 0 Å². The molecule has 0 spiro atoms. The van der Waals surface area contributed by atoms with E-state index in [9.17, 15) is 4.79 Å². The summed E-state index contributed by atoms with van der Waals surface area (Å²) >= 11 is 0. The molecule has 8 nitrogen and oxygen atoms in total. The van der Waals surface area contributed by atoms with E-state index in [0.717, 1.165) is 50.6 Å². The van der Waals surface area contributed by atoms with E-state index in [2.05, 4.69) is 25.8 Å². The van der Waals surface area contributed by atoms with Crippen molar-refractivity contribution in [2.45, 2.75) is 63.1 Å². The lowest BCUT2D eigenvalue weighted by molar-refractivity contribution is 0.0928. The molecule has 0 radical (unpaired) electrons. The van der Waals surface area contributed by atoms with Crippen molar-refractivity contribution in [1.29, 1.82) is 0 Å². The molecule has 2 aliphatic rings. The van der Waals surface area contributed by atoms with Gasteiger partial charge in [0.1, 0.15) is 0 Å². The zero-order chi connectivity index (χ0) is 16.5. The van der Waals surface area contributed by atoms with Gasteiger partial charge in [-0.2, -0.15) is 5.10 Å². The van der Waals surface area contributed by atoms with Gasteiger partial charge in [0, 0.05) is 24.2 Å². The summed E-state index contributed by atoms with van der Waals surface area (Å²) < 4.78 is 1.83. The van der Waals surface area contributed by atoms with E-state index in [1.54, 1.807) is 6.20 Å². The van der Waals surface area contributed by atoms with Crippen molar-refractivity contribution < 1.29 is 4.79 Å². The molecule has 1 fully saturated rings. The molecule has 0 saturated heterocycles. The number of rotatable bonds is 3. The number of hydrogen-bond donors (Lipinski definition) is 3. The van der Waals surface area contributed by atoms with Crippen LogP contribution in [0, 0.1) is 0 Å². The summed E-state index contributed by atoms with van der Waals surface area (Å²) in [5.74, 6) is -0.151. The summed E-state index contributed by atoms with van der Waals surface area (Å²) in [6.45, 7) is 0. The van der Waals surface area contributed by atoms with Crippen molar-refractivity contribution in [1.82, 2.24) is 30.5 Å². The van der Waals surface area contributed by atoms with Crippen molar-refractivity contribution in [2.24, 2.45) is 5.73 Å². The molecule has 136 valence electrons. The van der Waals surface area contributed by atoms with E-state index in [4.69, 9.17) is 5.73 Å². The predicted molar refractivity (Wildman–Crippen MR) is 94.6 cm³/mol. The standard InChI is InChI=1S/C16H23N7O.ClH/c17-11-2-5-13(6-3-11)23-9-15(21-22-23)16(24)19-12-4-1-10-8-18-20-14(10)7-12;/h8-9,11-13H,1-7,17H2,(H,18,20)(H,19,24);1H. The lowest BCUT2D eigenvalue weighted by Gasteiger charge is -2.25. The van der Waals surface area contributed by atoms with Gasteiger partial charge in [-0.1, -0.05) is 5.21 Å². The minimum absolute atomic E-state index is 0. The van der Waals surface area contributed by atoms with Gasteiger partial charge in [0.25, 0.3) is 5.91 Å². The largest absolute Gasteiger partial charge is 0.347 e. The van der Waals surface area contributed by atoms with Crippen LogP contribution in [0.15, 0.2) is 12.4 Å². The zero-order valence-corrected chi connectivity index (χ0v) is 14.8. The highest BCUT2D eigenvalue weighted by Gasteiger charge is 2.25. The molecule has 1 atom stereocenters. The third-order valence-corrected chi connectivity index (χ3v) is 5.21. The van der Waals surface area contributed by atoms with Gasteiger partial charge >= 0.3 is 0 Å². The molecule has 1 amide bonds. The van der Waals surface area contributed by atoms with Crippen LogP contribution in [0.1, 0.15) is 59.9 Å². The molecular weight excluding hydrogens is 342 g/mol. The number of nitrogens with one attached hydrogen (secondary N) is 2. The van der Waals surface area contributed by atoms with Crippen LogP contribution in [-0.4, -0.2) is 43.2 Å². The number of halogens is 1. The maximum Gasteiger partial charge on any atom is 0.273 e. The number of aryl methyl sites for hydroxylation is 1. The Morgan fingerprint density at radius 3 is 2.88 bits per heavy atom. The number of carbonyl (C=O) groups is 1. The van der Waals surface area contributed by atoms with Gasteiger partial charge in [-0.3, -0.25) is 9.89 Å². The molecule has 25 heavy (non-hydrogen) atoms. The van der Waals surface area contributed by atoms with Gasteiger partial charge in [-0.25, -0.2) is 4.68 Å². The van der Waals surface area contributed by atoms with E-state index in [1.165, 1.54) is 5.56 Å². The SMILES string of the molecule is Cl.NC1CCC(n2cc(C(=O)NC3CCc4cn[nH]c4C3)nn2)CC1. The Morgan fingerprint density at radius 1 is 1.28 bits per heavy atom. The number of carbonyl (C=O) groups excluding carboxylic acids is 1. The molecular formula is C16H24ClN7O. The van der Waals surface area contributed by atoms with E-state index < -0.39 is 0 Å². The second-order valence-corrected chi connectivity index (χ2v) is 6.94. The number of hydrogen-bond acceptors (Lipinski definition) is 5. The molecule has 1 unspecified atom stereocenters. The zero-order valence-electron chi connectivity index (χ0n) is 14.0. The van der Waals surface area contributed by atoms with Crippen LogP contribution in [0.2, 0.25) is 0 Å². The Labute approximate surface area is 152 Å². The first-order chi connectivity index (χ1) is 11.7. The highest BCUT2D eigenvalue weighted by Crippen LogP contribution is 2.26. The van der Waals surface area contributed by atoms with Gasteiger partial charge in [-0.15, -0.1) is 17.5 Å². The first-order valence-corrected chi connectivity index (χ1v) is 8.68. The number of fused-ring (bicyclic) bond motifs is 1. The predicted octanol–water partition coefficient (Wildman–Crippen LogP) is 1.15. The molecule has 2 aliphatic carbocycles. The molecule has 2 aromatic rings. The Morgan fingerprint density at radius 2 is 2.08 bits per heavy atom. The number of amides is 1. The average molecular weight is 366 g/mol. The van der Waals surface area contributed by atoms with Crippen molar-refractivity contribution in [2.75, 3.05) is 0 Å². The van der Waals surface area contributed by atoms with Gasteiger partial charge in [-0.05, 0) is 44.1 Å². The minimum Gasteiger partial charge on any atom is -0.347 e. The first kappa shape index (κ1) is 17.9. The van der Waals surface area contributed by atoms with Crippen LogP contribution in [0.25, 0.3) is 0 Å². The summed E-state index contributed by atoms with van der Waals surface area (Å²) in [7, 11) is 0. The fourth-order valence-corrected chi connectivity index (χ4v) is 3.72. The minimum atomic E-state index is -0.151. The number of aromatic amines is 1. The molecule has 0 aliphatic heterocycles. The molecule has 9 heteroatoms. The number of aromatic nitrogens is 5. The number of nitrogens with zero attached hydrogens (tertiary/aromatic N) is 4.